The van der Waals surface area contributed by atoms with E-state index < -0.39 is 0 Å². The van der Waals surface area contributed by atoms with Crippen molar-refractivity contribution in [3.63, 3.8) is 0 Å². The Kier molecular flexibility index (Phi) is 5.20. The number of thioether (sulfide) groups is 1. The summed E-state index contributed by atoms with van der Waals surface area (Å²) in [6, 6.07) is 7.73. The molecule has 0 spiro atoms. The predicted molar refractivity (Wildman–Crippen MR) is 85.5 cm³/mol. The highest BCUT2D eigenvalue weighted by Gasteiger charge is 2.12. The first-order valence-electron chi connectivity index (χ1n) is 6.51. The van der Waals surface area contributed by atoms with Crippen molar-refractivity contribution in [2.75, 3.05) is 0 Å². The molecule has 0 aliphatic rings. The van der Waals surface area contributed by atoms with Crippen LogP contribution in [0.25, 0.3) is 0 Å². The number of carbonyl (C=O) groups is 1. The van der Waals surface area contributed by atoms with E-state index in [0.29, 0.717) is 11.8 Å². The summed E-state index contributed by atoms with van der Waals surface area (Å²) < 4.78 is 0. The Bertz CT molecular complexity index is 593. The predicted octanol–water partition coefficient (Wildman–Crippen LogP) is 3.88. The minimum atomic E-state index is -0.0280. The quantitative estimate of drug-likeness (QED) is 0.852. The molecule has 0 fully saturated rings. The molecule has 1 aromatic carbocycles. The van der Waals surface area contributed by atoms with Crippen molar-refractivity contribution < 1.29 is 4.79 Å². The zero-order chi connectivity index (χ0) is 14.5. The molecule has 1 heterocycles. The number of amides is 1. The second kappa shape index (κ2) is 6.90. The van der Waals surface area contributed by atoms with Gasteiger partial charge < -0.3 is 5.32 Å². The Morgan fingerprint density at radius 3 is 2.80 bits per heavy atom. The largest absolute Gasteiger partial charge is 0.347 e. The highest BCUT2D eigenvalue weighted by molar-refractivity contribution is 8.00. The lowest BCUT2D eigenvalue weighted by molar-refractivity contribution is 0.0948. The number of nitrogens with one attached hydrogen (secondary N) is 1. The summed E-state index contributed by atoms with van der Waals surface area (Å²) in [5.41, 5.74) is 0.743. The van der Waals surface area contributed by atoms with E-state index in [1.54, 1.807) is 23.1 Å². The standard InChI is InChI=1S/C15H18N2OS2/c1-10(2)19-14-7-5-4-6-13(14)15(18)17-9-12-8-16-11(3)20-12/h4-8,10H,9H2,1-3H3,(H,17,18). The van der Waals surface area contributed by atoms with Crippen LogP contribution in [0.5, 0.6) is 0 Å². The van der Waals surface area contributed by atoms with Crippen molar-refractivity contribution in [1.82, 2.24) is 10.3 Å². The van der Waals surface area contributed by atoms with E-state index in [4.69, 9.17) is 0 Å². The number of hydrogen-bond acceptors (Lipinski definition) is 4. The Morgan fingerprint density at radius 1 is 1.40 bits per heavy atom. The topological polar surface area (TPSA) is 42.0 Å². The molecule has 3 nitrogen and oxygen atoms in total. The number of aromatic nitrogens is 1. The minimum absolute atomic E-state index is 0.0280. The van der Waals surface area contributed by atoms with Crippen LogP contribution in [0.2, 0.25) is 0 Å². The van der Waals surface area contributed by atoms with Gasteiger partial charge in [-0.1, -0.05) is 26.0 Å². The lowest BCUT2D eigenvalue weighted by atomic mass is 10.2. The molecular formula is C15H18N2OS2. The first kappa shape index (κ1) is 15.1. The molecule has 0 unspecified atom stereocenters. The van der Waals surface area contributed by atoms with Gasteiger partial charge in [0.25, 0.3) is 5.91 Å². The average molecular weight is 306 g/mol. The summed E-state index contributed by atoms with van der Waals surface area (Å²) in [5.74, 6) is -0.0280. The summed E-state index contributed by atoms with van der Waals surface area (Å²) in [6.07, 6.45) is 1.81. The van der Waals surface area contributed by atoms with Gasteiger partial charge in [-0.2, -0.15) is 0 Å². The zero-order valence-electron chi connectivity index (χ0n) is 11.8. The molecule has 0 aliphatic heterocycles. The van der Waals surface area contributed by atoms with Crippen molar-refractivity contribution >= 4 is 29.0 Å². The average Bonchev–Trinajstić information content (AvgIpc) is 2.82. The van der Waals surface area contributed by atoms with Gasteiger partial charge in [-0.05, 0) is 19.1 Å². The van der Waals surface area contributed by atoms with Gasteiger partial charge in [0.2, 0.25) is 0 Å². The van der Waals surface area contributed by atoms with Crippen LogP contribution in [0.4, 0.5) is 0 Å². The molecule has 0 aliphatic carbocycles. The van der Waals surface area contributed by atoms with E-state index in [-0.39, 0.29) is 5.91 Å². The van der Waals surface area contributed by atoms with Crippen molar-refractivity contribution in [2.24, 2.45) is 0 Å². The summed E-state index contributed by atoms with van der Waals surface area (Å²) in [6.45, 7) is 6.74. The van der Waals surface area contributed by atoms with Gasteiger partial charge in [0, 0.05) is 21.2 Å². The van der Waals surface area contributed by atoms with Crippen molar-refractivity contribution in [3.05, 3.63) is 45.9 Å². The highest BCUT2D eigenvalue weighted by atomic mass is 32.2. The fraction of sp³-hybridized carbons (Fsp3) is 0.333. The molecule has 106 valence electrons. The number of nitrogens with zero attached hydrogens (tertiary/aromatic N) is 1. The lowest BCUT2D eigenvalue weighted by Gasteiger charge is -2.11. The lowest BCUT2D eigenvalue weighted by Crippen LogP contribution is -2.23. The zero-order valence-corrected chi connectivity index (χ0v) is 13.5. The maximum atomic E-state index is 12.3. The van der Waals surface area contributed by atoms with Crippen molar-refractivity contribution in [1.29, 1.82) is 0 Å². The van der Waals surface area contributed by atoms with Crippen LogP contribution in [0.3, 0.4) is 0 Å². The van der Waals surface area contributed by atoms with E-state index in [9.17, 15) is 4.79 Å². The first-order chi connectivity index (χ1) is 9.56. The molecule has 0 saturated heterocycles. The maximum Gasteiger partial charge on any atom is 0.252 e. The molecule has 0 radical (unpaired) electrons. The number of carbonyl (C=O) groups excluding carboxylic acids is 1. The van der Waals surface area contributed by atoms with E-state index >= 15 is 0 Å². The van der Waals surface area contributed by atoms with Gasteiger partial charge in [0.1, 0.15) is 0 Å². The summed E-state index contributed by atoms with van der Waals surface area (Å²) in [5, 5.41) is 4.43. The van der Waals surface area contributed by atoms with Crippen LogP contribution in [0.1, 0.15) is 34.1 Å². The van der Waals surface area contributed by atoms with Crippen molar-refractivity contribution in [2.45, 2.75) is 37.5 Å². The SMILES string of the molecule is Cc1ncc(CNC(=O)c2ccccc2SC(C)C)s1. The first-order valence-corrected chi connectivity index (χ1v) is 8.21. The monoisotopic (exact) mass is 306 g/mol. The van der Waals surface area contributed by atoms with Crippen LogP contribution >= 0.6 is 23.1 Å². The molecule has 0 saturated carbocycles. The molecule has 1 amide bonds. The van der Waals surface area contributed by atoms with E-state index in [0.717, 1.165) is 20.3 Å². The Hall–Kier alpha value is -1.33. The molecule has 20 heavy (non-hydrogen) atoms. The molecule has 2 rings (SSSR count). The van der Waals surface area contributed by atoms with E-state index in [2.05, 4.69) is 24.1 Å². The third-order valence-electron chi connectivity index (χ3n) is 2.59. The number of benzene rings is 1. The second-order valence-corrected chi connectivity index (χ2v) is 7.63. The van der Waals surface area contributed by atoms with Gasteiger partial charge in [-0.3, -0.25) is 4.79 Å². The second-order valence-electron chi connectivity index (χ2n) is 4.69. The van der Waals surface area contributed by atoms with Crippen LogP contribution in [-0.4, -0.2) is 16.1 Å². The van der Waals surface area contributed by atoms with E-state index in [1.807, 2.05) is 37.4 Å². The Morgan fingerprint density at radius 2 is 2.15 bits per heavy atom. The van der Waals surface area contributed by atoms with Gasteiger partial charge in [0.05, 0.1) is 17.1 Å². The van der Waals surface area contributed by atoms with Gasteiger partial charge in [-0.15, -0.1) is 23.1 Å². The maximum absolute atomic E-state index is 12.3. The minimum Gasteiger partial charge on any atom is -0.347 e. The molecule has 1 aromatic heterocycles. The normalized spacial score (nSPS) is 10.8. The number of thiazole rings is 1. The van der Waals surface area contributed by atoms with Crippen LogP contribution < -0.4 is 5.32 Å². The van der Waals surface area contributed by atoms with Crippen LogP contribution in [0.15, 0.2) is 35.4 Å². The number of hydrogen-bond donors (Lipinski definition) is 1. The third kappa shape index (κ3) is 4.08. The molecule has 1 N–H and O–H groups in total. The molecule has 2 aromatic rings. The highest BCUT2D eigenvalue weighted by Crippen LogP contribution is 2.26. The Balaban J connectivity index is 2.05. The third-order valence-corrected chi connectivity index (χ3v) is 4.58. The fourth-order valence-corrected chi connectivity index (χ4v) is 3.45. The van der Waals surface area contributed by atoms with Gasteiger partial charge in [-0.25, -0.2) is 4.98 Å². The Labute approximate surface area is 127 Å². The fourth-order valence-electron chi connectivity index (χ4n) is 1.76. The van der Waals surface area contributed by atoms with Gasteiger partial charge >= 0.3 is 0 Å². The van der Waals surface area contributed by atoms with Crippen molar-refractivity contribution in [3.8, 4) is 0 Å². The smallest absolute Gasteiger partial charge is 0.252 e. The summed E-state index contributed by atoms with van der Waals surface area (Å²) in [7, 11) is 0. The summed E-state index contributed by atoms with van der Waals surface area (Å²) >= 11 is 3.32. The van der Waals surface area contributed by atoms with Gasteiger partial charge in [0.15, 0.2) is 0 Å². The number of aryl methyl sites for hydroxylation is 1. The molecular weight excluding hydrogens is 288 g/mol. The van der Waals surface area contributed by atoms with Crippen LogP contribution in [0, 0.1) is 6.92 Å². The molecule has 0 atom stereocenters. The molecule has 0 bridgehead atoms. The number of rotatable bonds is 5. The van der Waals surface area contributed by atoms with E-state index in [1.165, 1.54) is 0 Å². The van der Waals surface area contributed by atoms with Crippen LogP contribution in [-0.2, 0) is 6.54 Å². The molecule has 5 heteroatoms. The summed E-state index contributed by atoms with van der Waals surface area (Å²) in [4.78, 5) is 18.6.